The fourth-order valence-electron chi connectivity index (χ4n) is 18.9. The Morgan fingerprint density at radius 2 is 1.08 bits per heavy atom. The maximum absolute atomic E-state index is 17.8. The Morgan fingerprint density at radius 1 is 0.587 bits per heavy atom. The van der Waals surface area contributed by atoms with Crippen molar-refractivity contribution in [3.8, 4) is 0 Å². The molecule has 54 nitrogen and oxygen atoms in total. The molecule has 2 heterocycles. The van der Waals surface area contributed by atoms with E-state index in [2.05, 4.69) is 62.5 Å². The molecule has 28 atom stereocenters. The largest absolute Gasteiger partial charge is 0.508 e. The lowest BCUT2D eigenvalue weighted by molar-refractivity contribution is -0.219. The molecule has 6 amide bonds. The number of H-pyrrole nitrogens is 1. The molecular weight excluding hydrogens is 2040 g/mol. The number of allylic oxidation sites excluding steroid dienone is 4. The zero-order chi connectivity index (χ0) is 112. The predicted octanol–water partition coefficient (Wildman–Crippen LogP) is -7.89. The smallest absolute Gasteiger partial charge is 0.481 e. The number of aliphatic hydroxyl groups is 18. The van der Waals surface area contributed by atoms with E-state index in [1.165, 1.54) is 48.7 Å². The maximum atomic E-state index is 17.8. The third-order valence-electron chi connectivity index (χ3n) is 27.7. The van der Waals surface area contributed by atoms with Crippen molar-refractivity contribution < 1.29 is 203 Å². The lowest BCUT2D eigenvalue weighted by Crippen LogP contribution is -2.69. The number of hydrogen-bond acceptors (Lipinski definition) is 45. The Hall–Kier alpha value is -11.3. The molecule has 2 aromatic heterocycles. The molecule has 4 aliphatic rings. The third-order valence-corrected chi connectivity index (χ3v) is 30.1. The number of nitrogens with one attached hydrogen (secondary N) is 9. The van der Waals surface area contributed by atoms with Gasteiger partial charge in [0, 0.05) is 135 Å². The average Bonchev–Trinajstić information content (AvgIpc) is 1.53. The number of nitrogens with two attached hydrogens (primary N) is 1. The number of benzene rings is 1. The molecule has 836 valence electrons. The van der Waals surface area contributed by atoms with E-state index >= 15 is 14.0 Å². The van der Waals surface area contributed by atoms with Gasteiger partial charge in [-0.25, -0.2) is 23.9 Å². The summed E-state index contributed by atoms with van der Waals surface area (Å²) >= 11 is 0. The summed E-state index contributed by atoms with van der Waals surface area (Å²) in [6.07, 6.45) is -38.6. The highest BCUT2D eigenvalue weighted by Gasteiger charge is 2.76. The van der Waals surface area contributed by atoms with Crippen molar-refractivity contribution in [2.24, 2.45) is 46.3 Å². The Kier molecular flexibility index (Phi) is 48.5. The number of fused-ring (bicyclic) bond motifs is 6. The number of carboxylic acid groups (broad SMARTS) is 4. The Morgan fingerprint density at radius 3 is 1.59 bits per heavy atom. The van der Waals surface area contributed by atoms with Crippen molar-refractivity contribution in [1.29, 1.82) is 0 Å². The molecule has 3 saturated carbocycles. The van der Waals surface area contributed by atoms with Gasteiger partial charge < -0.3 is 165 Å². The van der Waals surface area contributed by atoms with Crippen LogP contribution in [0.15, 0.2) is 59.1 Å². The van der Waals surface area contributed by atoms with Gasteiger partial charge in [-0.1, -0.05) is 47.1 Å². The summed E-state index contributed by atoms with van der Waals surface area (Å²) in [5.74, 6) is -27.3. The quantitative estimate of drug-likeness (QED) is 0.0108. The number of hydrogen-bond donors (Lipinski definition) is 32. The fraction of sp³-hybridized carbons (Fsp3) is 0.656. The molecule has 0 radical (unpaired) electrons. The van der Waals surface area contributed by atoms with Crippen molar-refractivity contribution in [1.82, 2.24) is 57.2 Å². The zero-order valence-corrected chi connectivity index (χ0v) is 83.5. The van der Waals surface area contributed by atoms with Crippen LogP contribution in [0.2, 0.25) is 0 Å². The van der Waals surface area contributed by atoms with E-state index in [9.17, 15) is 184 Å². The molecule has 150 heavy (non-hydrogen) atoms. The number of Topliss-reactive ketones (excluding diaryl/α,β-unsaturated/α-hetero) is 4. The highest BCUT2D eigenvalue weighted by Crippen LogP contribution is 2.71. The molecule has 57 heteroatoms. The summed E-state index contributed by atoms with van der Waals surface area (Å²) < 4.78 is 28.1. The number of aromatic nitrogens is 4. The Balaban J connectivity index is 1.10. The number of carbonyl (C=O) groups is 16. The first-order chi connectivity index (χ1) is 70.5. The number of nitrogen functional groups attached to an aromatic ring is 1. The number of anilines is 2. The number of ether oxygens (including phenoxy) is 2. The van der Waals surface area contributed by atoms with Crippen molar-refractivity contribution in [2.75, 3.05) is 75.2 Å². The SMILES string of the molecule is C[C@H]1C[C@H]2[C@@H]3CCC4=CC(=O)C=C[C@]4(C)[C@@]3(F)[C@@H](O)C[C@]2(C)[C@@]1(O)C(=O)COC(=O)OCCSSC[C@@H](N[C@H](O)[C@H](CCC(=O)NC[C@H](O)[C@@H](O)[C@H](O)[C@H](O)CO)CC(=O)[C@@H](CCC(=O)O)NC(=O)[C@H](CCC(=O)NC[C@H](O)[C@@H](O)[C@H](O)[C@H](O)CO)CC(=O)[C@@H](CCC(=O)O)NC(=O)[C@H](CCC(=O)NC[C@H](O)[C@@H](O)[C@H](O)[C@H](O)CO)CC(=O)CC[C@@H](NC(=O)c1ccc(NCc2cnc3nc(N)[nH]c(=O)c3n2)cc1)C(=O)O)C(=O)O. The molecule has 0 saturated heterocycles. The van der Waals surface area contributed by atoms with Crippen LogP contribution in [0.3, 0.4) is 0 Å². The van der Waals surface area contributed by atoms with Crippen LogP contribution >= 0.6 is 21.6 Å². The molecular formula is C93H134FN13O41S2. The van der Waals surface area contributed by atoms with Crippen molar-refractivity contribution in [3.63, 3.8) is 0 Å². The summed E-state index contributed by atoms with van der Waals surface area (Å²) in [5.41, 5.74) is -1.48. The van der Waals surface area contributed by atoms with E-state index in [4.69, 9.17) is 15.2 Å². The lowest BCUT2D eigenvalue weighted by Gasteiger charge is -2.62. The first-order valence-electron chi connectivity index (χ1n) is 48.1. The van der Waals surface area contributed by atoms with Crippen LogP contribution in [0.1, 0.15) is 159 Å². The van der Waals surface area contributed by atoms with E-state index in [1.54, 1.807) is 20.8 Å². The van der Waals surface area contributed by atoms with Crippen LogP contribution in [0.4, 0.5) is 20.8 Å². The molecule has 3 fully saturated rings. The van der Waals surface area contributed by atoms with Gasteiger partial charge >= 0.3 is 30.0 Å². The summed E-state index contributed by atoms with van der Waals surface area (Å²) in [5, 5.41) is 247. The number of aromatic amines is 1. The highest BCUT2D eigenvalue weighted by molar-refractivity contribution is 8.76. The first-order valence-corrected chi connectivity index (χ1v) is 50.6. The molecule has 33 N–H and O–H groups in total. The fourth-order valence-corrected chi connectivity index (χ4v) is 20.9. The van der Waals surface area contributed by atoms with Crippen molar-refractivity contribution in [2.45, 2.75) is 270 Å². The van der Waals surface area contributed by atoms with Crippen LogP contribution < -0.4 is 53.8 Å². The van der Waals surface area contributed by atoms with Crippen LogP contribution in [0.25, 0.3) is 11.2 Å². The van der Waals surface area contributed by atoms with Crippen LogP contribution in [-0.4, -0.2) is 412 Å². The van der Waals surface area contributed by atoms with Crippen LogP contribution in [-0.2, 0) is 83.1 Å². The van der Waals surface area contributed by atoms with E-state index in [1.807, 2.05) is 0 Å². The van der Waals surface area contributed by atoms with E-state index in [0.717, 1.165) is 21.6 Å². The van der Waals surface area contributed by atoms with Gasteiger partial charge in [0.1, 0.15) is 91.2 Å². The molecule has 0 aliphatic heterocycles. The van der Waals surface area contributed by atoms with E-state index in [0.29, 0.717) is 17.7 Å². The number of halogens is 1. The number of alkyl halides is 1. The summed E-state index contributed by atoms with van der Waals surface area (Å²) in [7, 11) is 1.66. The number of rotatable bonds is 67. The number of nitrogens with zero attached hydrogens (tertiary/aromatic N) is 3. The van der Waals surface area contributed by atoms with Gasteiger partial charge in [0.25, 0.3) is 11.5 Å². The number of carbonyl (C=O) groups excluding carboxylic acids is 12. The van der Waals surface area contributed by atoms with Crippen molar-refractivity contribution in [3.05, 3.63) is 75.9 Å². The van der Waals surface area contributed by atoms with Gasteiger partial charge in [-0.05, 0) is 119 Å². The van der Waals surface area contributed by atoms with Crippen molar-refractivity contribution >= 4 is 139 Å². The molecule has 0 unspecified atom stereocenters. The second-order valence-corrected chi connectivity index (χ2v) is 40.7. The molecule has 0 spiro atoms. The number of ketones is 5. The van der Waals surface area contributed by atoms with Gasteiger partial charge in [-0.15, -0.1) is 0 Å². The van der Waals surface area contributed by atoms with Gasteiger partial charge in [0.05, 0.1) is 74.8 Å². The molecule has 0 bridgehead atoms. The second kappa shape index (κ2) is 58.0. The topological polar surface area (TPSA) is 930 Å². The molecule has 1 aromatic carbocycles. The minimum absolute atomic E-state index is 0.00707. The Bertz CT molecular complexity index is 5330. The number of aliphatic hydroxyl groups excluding tert-OH is 17. The molecule has 7 rings (SSSR count). The highest BCUT2D eigenvalue weighted by atomic mass is 33.1. The van der Waals surface area contributed by atoms with Gasteiger partial charge in [-0.2, -0.15) is 4.98 Å². The van der Waals surface area contributed by atoms with Gasteiger partial charge in [-0.3, -0.25) is 82.2 Å². The second-order valence-electron chi connectivity index (χ2n) is 38.1. The minimum atomic E-state index is -2.29. The zero-order valence-electron chi connectivity index (χ0n) is 81.9. The molecule has 3 aromatic rings. The maximum Gasteiger partial charge on any atom is 0.508 e. The van der Waals surface area contributed by atoms with Gasteiger partial charge in [0.2, 0.25) is 41.3 Å². The summed E-state index contributed by atoms with van der Waals surface area (Å²) in [6.45, 7) is -2.81. The molecule has 4 aliphatic carbocycles. The van der Waals surface area contributed by atoms with Crippen LogP contribution in [0.5, 0.6) is 0 Å². The first kappa shape index (κ1) is 126. The standard InChI is InChI=1S/C93H134FN13O41S2/c1-42-26-53-52-13-9-47-30-51(112)22-23-90(47,2)92(52,94)66(121)31-91(53,3)93(42,146)67(122)40-148-89(145)147-24-25-149-150-41-57(87(143)144)105-84(139)46(8-19-70(125)99-36-62(117)76(132)79(135)65(120)39-110)29-59(114)55(16-21-72(128)129)103-83(138)45(7-18-69(124)98-35-61(116)75(131)78(134)64(119)38-109)28-58(113)54(15-20-71(126)127)102-82(137)44(6-17-68(123)97-34-60(115)74(130)77(133)63(118)37-108)27-50(111)12-14-56(86(141)142)104-81(136)43-4-10-48(11-5-43)96-32-49-33-100-80-73(101-49)85(140)107-88(95)106-80/h4-5,10-11,22-23,30,33,42,44-46,52-57,60-66,74-79,84,96,105,108-110,115-121,130-135,139,146H,6-9,12-21,24-29,31-32,34-41H2,1-3H3,(H,97,123)(H,98,124)(H,99,125)(H,102,137)(H,103,138)(H,104,136)(H,126,127)(H,128,129)(H,141,142)(H,143,144)(H3,95,100,106,107,140)/t42-,44+,45+,46+,52-,53-,54+,55+,56+,57+,60-,61-,62-,63+,64+,65+,66-,74+,75+,76+,77+,78+,79+,84+,90-,91-,92-,93-/m0/s1. The third kappa shape index (κ3) is 34.1. The van der Waals surface area contributed by atoms with Gasteiger partial charge in [0.15, 0.2) is 40.8 Å². The average molecular weight is 2170 g/mol. The summed E-state index contributed by atoms with van der Waals surface area (Å²) in [6, 6.07) is -2.46. The number of carboxylic acids is 4. The normalized spacial score (nSPS) is 23.3. The predicted molar refractivity (Wildman–Crippen MR) is 517 cm³/mol. The van der Waals surface area contributed by atoms with E-state index < -0.39 is 416 Å². The van der Waals surface area contributed by atoms with Crippen LogP contribution in [0, 0.1) is 46.3 Å². The number of amides is 6. The Labute approximate surface area is 862 Å². The summed E-state index contributed by atoms with van der Waals surface area (Å²) in [4.78, 5) is 245. The number of aliphatic carboxylic acids is 4. The lowest BCUT2D eigenvalue weighted by atomic mass is 9.44. The monoisotopic (exact) mass is 2170 g/mol. The van der Waals surface area contributed by atoms with E-state index in [-0.39, 0.29) is 65.7 Å². The minimum Gasteiger partial charge on any atom is -0.481 e.